The number of hydrogen-bond donors (Lipinski definition) is 0. The van der Waals surface area contributed by atoms with E-state index in [1.165, 1.54) is 6.42 Å². The van der Waals surface area contributed by atoms with Crippen LogP contribution in [0.3, 0.4) is 0 Å². The van der Waals surface area contributed by atoms with Gasteiger partial charge in [-0.25, -0.2) is 0 Å². The van der Waals surface area contributed by atoms with Crippen LogP contribution in [0.4, 0.5) is 0 Å². The molecule has 0 spiro atoms. The summed E-state index contributed by atoms with van der Waals surface area (Å²) in [7, 11) is 0. The highest BCUT2D eigenvalue weighted by Gasteiger charge is 2.30. The Kier molecular flexibility index (Phi) is 3.99. The Bertz CT molecular complexity index is 261. The lowest BCUT2D eigenvalue weighted by atomic mass is 9.84. The van der Waals surface area contributed by atoms with Gasteiger partial charge in [0.2, 0.25) is 5.91 Å². The van der Waals surface area contributed by atoms with E-state index in [-0.39, 0.29) is 0 Å². The molecule has 0 aromatic rings. The molecule has 1 saturated carbocycles. The number of hydrogen-bond acceptors (Lipinski definition) is 2. The van der Waals surface area contributed by atoms with Crippen LogP contribution < -0.4 is 0 Å². The van der Waals surface area contributed by atoms with E-state index in [1.54, 1.807) is 0 Å². The highest BCUT2D eigenvalue weighted by atomic mass is 16.2. The molecule has 0 radical (unpaired) electrons. The maximum atomic E-state index is 12.1. The second-order valence-electron chi connectivity index (χ2n) is 4.90. The van der Waals surface area contributed by atoms with E-state index in [2.05, 4.69) is 16.4 Å². The first-order chi connectivity index (χ1) is 7.81. The van der Waals surface area contributed by atoms with Crippen LogP contribution in [0.5, 0.6) is 0 Å². The second-order valence-corrected chi connectivity index (χ2v) is 4.90. The van der Waals surface area contributed by atoms with Gasteiger partial charge in [0.15, 0.2) is 0 Å². The van der Waals surface area contributed by atoms with E-state index in [0.717, 1.165) is 52.0 Å². The summed E-state index contributed by atoms with van der Waals surface area (Å²) in [6.07, 6.45) is 6.53. The highest BCUT2D eigenvalue weighted by Crippen LogP contribution is 2.28. The summed E-state index contributed by atoms with van der Waals surface area (Å²) in [5.74, 6) is 0.762. The Morgan fingerprint density at radius 3 is 2.62 bits per heavy atom. The van der Waals surface area contributed by atoms with Crippen molar-refractivity contribution in [3.63, 3.8) is 0 Å². The standard InChI is InChI=1S/C13H22N2O/c1-2-7-14-8-4-9-15(11-10-14)13(16)12-5-3-6-12/h2,12H,1,3-11H2. The molecule has 2 aliphatic rings. The minimum Gasteiger partial charge on any atom is -0.341 e. The minimum atomic E-state index is 0.353. The van der Waals surface area contributed by atoms with Crippen molar-refractivity contribution >= 4 is 5.91 Å². The van der Waals surface area contributed by atoms with Crippen LogP contribution in [0.1, 0.15) is 25.7 Å². The van der Waals surface area contributed by atoms with Crippen molar-refractivity contribution in [3.05, 3.63) is 12.7 Å². The first kappa shape index (κ1) is 11.6. The van der Waals surface area contributed by atoms with Gasteiger partial charge < -0.3 is 4.90 Å². The first-order valence-corrected chi connectivity index (χ1v) is 6.43. The van der Waals surface area contributed by atoms with Gasteiger partial charge in [-0.05, 0) is 19.3 Å². The fraction of sp³-hybridized carbons (Fsp3) is 0.769. The first-order valence-electron chi connectivity index (χ1n) is 6.43. The van der Waals surface area contributed by atoms with E-state index in [1.807, 2.05) is 6.08 Å². The lowest BCUT2D eigenvalue weighted by molar-refractivity contribution is -0.138. The number of carbonyl (C=O) groups excluding carboxylic acids is 1. The van der Waals surface area contributed by atoms with Crippen molar-refractivity contribution < 1.29 is 4.79 Å². The van der Waals surface area contributed by atoms with Gasteiger partial charge in [-0.15, -0.1) is 6.58 Å². The van der Waals surface area contributed by atoms with E-state index < -0.39 is 0 Å². The van der Waals surface area contributed by atoms with E-state index in [9.17, 15) is 4.79 Å². The highest BCUT2D eigenvalue weighted by molar-refractivity contribution is 5.79. The fourth-order valence-electron chi connectivity index (χ4n) is 2.47. The minimum absolute atomic E-state index is 0.353. The topological polar surface area (TPSA) is 23.6 Å². The normalized spacial score (nSPS) is 23.6. The van der Waals surface area contributed by atoms with Crippen molar-refractivity contribution in [1.29, 1.82) is 0 Å². The number of nitrogens with zero attached hydrogens (tertiary/aromatic N) is 2. The van der Waals surface area contributed by atoms with E-state index in [4.69, 9.17) is 0 Å². The van der Waals surface area contributed by atoms with Gasteiger partial charge in [0.25, 0.3) is 0 Å². The number of amides is 1. The molecular weight excluding hydrogens is 200 g/mol. The predicted octanol–water partition coefficient (Wildman–Crippen LogP) is 1.51. The quantitative estimate of drug-likeness (QED) is 0.676. The second kappa shape index (κ2) is 5.48. The molecule has 90 valence electrons. The smallest absolute Gasteiger partial charge is 0.225 e. The molecule has 0 unspecified atom stereocenters. The average Bonchev–Trinajstić information content (AvgIpc) is 2.41. The molecule has 0 aromatic carbocycles. The van der Waals surface area contributed by atoms with Gasteiger partial charge >= 0.3 is 0 Å². The summed E-state index contributed by atoms with van der Waals surface area (Å²) in [5, 5.41) is 0. The maximum Gasteiger partial charge on any atom is 0.225 e. The summed E-state index contributed by atoms with van der Waals surface area (Å²) in [5.41, 5.74) is 0. The molecule has 1 heterocycles. The largest absolute Gasteiger partial charge is 0.341 e. The number of rotatable bonds is 3. The Hall–Kier alpha value is -0.830. The van der Waals surface area contributed by atoms with Gasteiger partial charge in [-0.3, -0.25) is 9.69 Å². The van der Waals surface area contributed by atoms with Crippen LogP contribution in [-0.4, -0.2) is 48.4 Å². The van der Waals surface area contributed by atoms with E-state index in [0.29, 0.717) is 11.8 Å². The third-order valence-electron chi connectivity index (χ3n) is 3.74. The van der Waals surface area contributed by atoms with Crippen molar-refractivity contribution in [2.45, 2.75) is 25.7 Å². The summed E-state index contributed by atoms with van der Waals surface area (Å²) >= 11 is 0. The Morgan fingerprint density at radius 1 is 1.19 bits per heavy atom. The molecule has 3 heteroatoms. The van der Waals surface area contributed by atoms with Crippen molar-refractivity contribution in [1.82, 2.24) is 9.80 Å². The van der Waals surface area contributed by atoms with Crippen LogP contribution in [0.25, 0.3) is 0 Å². The van der Waals surface area contributed by atoms with Crippen molar-refractivity contribution in [2.24, 2.45) is 5.92 Å². The van der Waals surface area contributed by atoms with Crippen LogP contribution in [0.2, 0.25) is 0 Å². The summed E-state index contributed by atoms with van der Waals surface area (Å²) < 4.78 is 0. The molecular formula is C13H22N2O. The van der Waals surface area contributed by atoms with Crippen molar-refractivity contribution in [2.75, 3.05) is 32.7 Å². The molecule has 0 N–H and O–H groups in total. The summed E-state index contributed by atoms with van der Waals surface area (Å²) in [4.78, 5) is 16.5. The van der Waals surface area contributed by atoms with Gasteiger partial charge in [-0.2, -0.15) is 0 Å². The SMILES string of the molecule is C=CCN1CCCN(C(=O)C2CCC2)CC1. The Labute approximate surface area is 98.1 Å². The van der Waals surface area contributed by atoms with Gasteiger partial charge in [0.05, 0.1) is 0 Å². The van der Waals surface area contributed by atoms with Crippen LogP contribution in [-0.2, 0) is 4.79 Å². The zero-order chi connectivity index (χ0) is 11.4. The third kappa shape index (κ3) is 2.64. The maximum absolute atomic E-state index is 12.1. The molecule has 1 saturated heterocycles. The molecule has 1 aliphatic heterocycles. The lowest BCUT2D eigenvalue weighted by Crippen LogP contribution is -2.41. The summed E-state index contributed by atoms with van der Waals surface area (Å²) in [6, 6.07) is 0. The molecule has 2 rings (SSSR count). The molecule has 3 nitrogen and oxygen atoms in total. The van der Waals surface area contributed by atoms with Gasteiger partial charge in [-0.1, -0.05) is 12.5 Å². The molecule has 1 amide bonds. The van der Waals surface area contributed by atoms with Crippen LogP contribution >= 0.6 is 0 Å². The zero-order valence-electron chi connectivity index (χ0n) is 10.0. The average molecular weight is 222 g/mol. The van der Waals surface area contributed by atoms with Crippen molar-refractivity contribution in [3.8, 4) is 0 Å². The molecule has 0 aromatic heterocycles. The third-order valence-corrected chi connectivity index (χ3v) is 3.74. The fourth-order valence-corrected chi connectivity index (χ4v) is 2.47. The predicted molar refractivity (Wildman–Crippen MR) is 65.2 cm³/mol. The molecule has 16 heavy (non-hydrogen) atoms. The number of carbonyl (C=O) groups is 1. The van der Waals surface area contributed by atoms with Gasteiger partial charge in [0, 0.05) is 38.6 Å². The molecule has 1 aliphatic carbocycles. The van der Waals surface area contributed by atoms with E-state index >= 15 is 0 Å². The molecule has 2 fully saturated rings. The van der Waals surface area contributed by atoms with Crippen LogP contribution in [0.15, 0.2) is 12.7 Å². The Balaban J connectivity index is 1.82. The van der Waals surface area contributed by atoms with Crippen LogP contribution in [0, 0.1) is 5.92 Å². The molecule has 0 atom stereocenters. The van der Waals surface area contributed by atoms with Gasteiger partial charge in [0.1, 0.15) is 0 Å². The lowest BCUT2D eigenvalue weighted by Gasteiger charge is -2.31. The molecule has 0 bridgehead atoms. The Morgan fingerprint density at radius 2 is 2.00 bits per heavy atom. The zero-order valence-corrected chi connectivity index (χ0v) is 10.0. The monoisotopic (exact) mass is 222 g/mol. The summed E-state index contributed by atoms with van der Waals surface area (Å²) in [6.45, 7) is 8.67.